The predicted octanol–water partition coefficient (Wildman–Crippen LogP) is 2.25. The highest BCUT2D eigenvalue weighted by Crippen LogP contribution is 2.18. The fourth-order valence-electron chi connectivity index (χ4n) is 3.18. The first-order chi connectivity index (χ1) is 9.11. The molecule has 0 N–H and O–H groups in total. The highest BCUT2D eigenvalue weighted by molar-refractivity contribution is 5.74. The topological polar surface area (TPSA) is 26.8 Å². The number of urea groups is 1. The highest BCUT2D eigenvalue weighted by atomic mass is 16.2. The molecule has 0 radical (unpaired) electrons. The Morgan fingerprint density at radius 3 is 2.42 bits per heavy atom. The lowest BCUT2D eigenvalue weighted by Gasteiger charge is -2.41. The van der Waals surface area contributed by atoms with E-state index in [2.05, 4.69) is 35.5 Å². The number of amides is 2. The zero-order valence-corrected chi connectivity index (χ0v) is 12.8. The molecule has 2 aliphatic rings. The van der Waals surface area contributed by atoms with Gasteiger partial charge in [0.1, 0.15) is 0 Å². The van der Waals surface area contributed by atoms with E-state index in [1.54, 1.807) is 0 Å². The fraction of sp³-hybridized carbons (Fsp3) is 0.933. The maximum absolute atomic E-state index is 12.5. The van der Waals surface area contributed by atoms with E-state index >= 15 is 0 Å². The van der Waals surface area contributed by atoms with Gasteiger partial charge in [0.2, 0.25) is 0 Å². The maximum atomic E-state index is 12.5. The Kier molecular flexibility index (Phi) is 5.08. The van der Waals surface area contributed by atoms with Crippen LogP contribution in [-0.2, 0) is 0 Å². The van der Waals surface area contributed by atoms with Gasteiger partial charge < -0.3 is 9.80 Å². The molecule has 0 aromatic rings. The molecule has 19 heavy (non-hydrogen) atoms. The number of hydrogen-bond donors (Lipinski definition) is 0. The van der Waals surface area contributed by atoms with Crippen LogP contribution in [0.4, 0.5) is 4.79 Å². The molecule has 2 atom stereocenters. The number of nitrogens with zero attached hydrogens (tertiary/aromatic N) is 3. The minimum Gasteiger partial charge on any atom is -0.324 e. The Bertz CT molecular complexity index is 300. The monoisotopic (exact) mass is 267 g/mol. The zero-order chi connectivity index (χ0) is 13.8. The molecule has 0 aliphatic carbocycles. The van der Waals surface area contributed by atoms with Crippen LogP contribution in [0.2, 0.25) is 0 Å². The first-order valence-corrected chi connectivity index (χ1v) is 7.89. The molecule has 2 unspecified atom stereocenters. The standard InChI is InChI=1S/C15H29N3O/c1-4-14(3)16-8-10-17(11-9-16)15(19)18-7-5-6-13(2)12-18/h13-14H,4-12H2,1-3H3. The Hall–Kier alpha value is -0.770. The summed E-state index contributed by atoms with van der Waals surface area (Å²) in [5.41, 5.74) is 0. The molecule has 2 fully saturated rings. The number of piperazine rings is 1. The smallest absolute Gasteiger partial charge is 0.320 e. The first-order valence-electron chi connectivity index (χ1n) is 7.89. The maximum Gasteiger partial charge on any atom is 0.320 e. The molecule has 2 amide bonds. The van der Waals surface area contributed by atoms with E-state index in [1.165, 1.54) is 19.3 Å². The first kappa shape index (κ1) is 14.6. The molecule has 2 heterocycles. The van der Waals surface area contributed by atoms with Crippen molar-refractivity contribution < 1.29 is 4.79 Å². The van der Waals surface area contributed by atoms with Gasteiger partial charge in [-0.2, -0.15) is 0 Å². The molecule has 0 bridgehead atoms. The minimum atomic E-state index is 0.273. The normalized spacial score (nSPS) is 27.4. The molecule has 0 aromatic heterocycles. The van der Waals surface area contributed by atoms with Crippen molar-refractivity contribution in [3.8, 4) is 0 Å². The summed E-state index contributed by atoms with van der Waals surface area (Å²) in [5.74, 6) is 0.666. The van der Waals surface area contributed by atoms with Crippen LogP contribution < -0.4 is 0 Å². The van der Waals surface area contributed by atoms with Gasteiger partial charge in [0.25, 0.3) is 0 Å². The zero-order valence-electron chi connectivity index (χ0n) is 12.8. The number of carbonyl (C=O) groups excluding carboxylic acids is 1. The van der Waals surface area contributed by atoms with Crippen molar-refractivity contribution in [3.05, 3.63) is 0 Å². The third-order valence-electron chi connectivity index (χ3n) is 4.73. The molecule has 4 nitrogen and oxygen atoms in total. The lowest BCUT2D eigenvalue weighted by atomic mass is 10.0. The third-order valence-corrected chi connectivity index (χ3v) is 4.73. The fourth-order valence-corrected chi connectivity index (χ4v) is 3.18. The van der Waals surface area contributed by atoms with Crippen LogP contribution in [0, 0.1) is 5.92 Å². The van der Waals surface area contributed by atoms with Crippen molar-refractivity contribution in [1.82, 2.24) is 14.7 Å². The summed E-state index contributed by atoms with van der Waals surface area (Å²) in [6.07, 6.45) is 3.63. The SMILES string of the molecule is CCC(C)N1CCN(C(=O)N2CCCC(C)C2)CC1. The van der Waals surface area contributed by atoms with Crippen molar-refractivity contribution in [1.29, 1.82) is 0 Å². The van der Waals surface area contributed by atoms with Crippen LogP contribution in [0.5, 0.6) is 0 Å². The second-order valence-electron chi connectivity index (χ2n) is 6.26. The van der Waals surface area contributed by atoms with Gasteiger partial charge in [-0.1, -0.05) is 13.8 Å². The summed E-state index contributed by atoms with van der Waals surface area (Å²) in [5, 5.41) is 0. The second-order valence-corrected chi connectivity index (χ2v) is 6.26. The van der Waals surface area contributed by atoms with Crippen molar-refractivity contribution in [2.75, 3.05) is 39.3 Å². The lowest BCUT2D eigenvalue weighted by Crippen LogP contribution is -2.55. The molecule has 2 rings (SSSR count). The third kappa shape index (κ3) is 3.62. The summed E-state index contributed by atoms with van der Waals surface area (Å²) in [4.78, 5) is 19.1. The van der Waals surface area contributed by atoms with Crippen molar-refractivity contribution >= 4 is 6.03 Å². The van der Waals surface area contributed by atoms with Gasteiger partial charge in [0, 0.05) is 45.3 Å². The van der Waals surface area contributed by atoms with Crippen LogP contribution in [0.1, 0.15) is 40.0 Å². The number of piperidine rings is 1. The van der Waals surface area contributed by atoms with Crippen molar-refractivity contribution in [2.24, 2.45) is 5.92 Å². The van der Waals surface area contributed by atoms with Gasteiger partial charge in [-0.05, 0) is 32.1 Å². The summed E-state index contributed by atoms with van der Waals surface area (Å²) in [6, 6.07) is 0.919. The minimum absolute atomic E-state index is 0.273. The summed E-state index contributed by atoms with van der Waals surface area (Å²) >= 11 is 0. The second kappa shape index (κ2) is 6.60. The molecule has 0 saturated carbocycles. The van der Waals surface area contributed by atoms with Crippen LogP contribution in [0.3, 0.4) is 0 Å². The average Bonchev–Trinajstić information content (AvgIpc) is 2.46. The van der Waals surface area contributed by atoms with E-state index in [1.807, 2.05) is 0 Å². The summed E-state index contributed by atoms with van der Waals surface area (Å²) < 4.78 is 0. The van der Waals surface area contributed by atoms with Crippen LogP contribution in [0.15, 0.2) is 0 Å². The molecule has 0 aromatic carbocycles. The van der Waals surface area contributed by atoms with Gasteiger partial charge in [-0.3, -0.25) is 4.90 Å². The van der Waals surface area contributed by atoms with Gasteiger partial charge in [0.15, 0.2) is 0 Å². The number of likely N-dealkylation sites (tertiary alicyclic amines) is 1. The van der Waals surface area contributed by atoms with E-state index in [9.17, 15) is 4.79 Å². The molecular weight excluding hydrogens is 238 g/mol. The Balaban J connectivity index is 1.82. The molecule has 0 spiro atoms. The molecule has 2 aliphatic heterocycles. The van der Waals surface area contributed by atoms with E-state index < -0.39 is 0 Å². The van der Waals surface area contributed by atoms with E-state index in [0.29, 0.717) is 12.0 Å². The summed E-state index contributed by atoms with van der Waals surface area (Å²) in [7, 11) is 0. The molecule has 2 saturated heterocycles. The van der Waals surface area contributed by atoms with E-state index in [0.717, 1.165) is 39.3 Å². The lowest BCUT2D eigenvalue weighted by molar-refractivity contribution is 0.0853. The Labute approximate surface area is 117 Å². The van der Waals surface area contributed by atoms with Gasteiger partial charge in [0.05, 0.1) is 0 Å². The van der Waals surface area contributed by atoms with E-state index in [-0.39, 0.29) is 6.03 Å². The van der Waals surface area contributed by atoms with E-state index in [4.69, 9.17) is 0 Å². The Morgan fingerprint density at radius 2 is 1.84 bits per heavy atom. The van der Waals surface area contributed by atoms with Crippen LogP contribution in [0.25, 0.3) is 0 Å². The van der Waals surface area contributed by atoms with Gasteiger partial charge in [-0.25, -0.2) is 4.79 Å². The quantitative estimate of drug-likeness (QED) is 0.767. The highest BCUT2D eigenvalue weighted by Gasteiger charge is 2.28. The van der Waals surface area contributed by atoms with Gasteiger partial charge in [-0.15, -0.1) is 0 Å². The van der Waals surface area contributed by atoms with Gasteiger partial charge >= 0.3 is 6.03 Å². The van der Waals surface area contributed by atoms with Crippen LogP contribution in [-0.4, -0.2) is 66.0 Å². The molecule has 4 heteroatoms. The van der Waals surface area contributed by atoms with Crippen molar-refractivity contribution in [3.63, 3.8) is 0 Å². The number of hydrogen-bond acceptors (Lipinski definition) is 2. The largest absolute Gasteiger partial charge is 0.324 e. The summed E-state index contributed by atoms with van der Waals surface area (Å²) in [6.45, 7) is 12.5. The molecular formula is C15H29N3O. The Morgan fingerprint density at radius 1 is 1.16 bits per heavy atom. The van der Waals surface area contributed by atoms with Crippen molar-refractivity contribution in [2.45, 2.75) is 46.1 Å². The molecule has 110 valence electrons. The number of rotatable bonds is 2. The van der Waals surface area contributed by atoms with Crippen LogP contribution >= 0.6 is 0 Å². The average molecular weight is 267 g/mol. The number of carbonyl (C=O) groups is 1. The predicted molar refractivity (Wildman–Crippen MR) is 78.3 cm³/mol.